The molecule has 21 heavy (non-hydrogen) atoms. The highest BCUT2D eigenvalue weighted by Crippen LogP contribution is 2.37. The molecular formula is C14H15N5OS. The fraction of sp³-hybridized carbons (Fsp3) is 0.429. The molecule has 0 aliphatic carbocycles. The minimum Gasteiger partial charge on any atom is -0.378 e. The number of aryl methyl sites for hydroxylation is 2. The van der Waals surface area contributed by atoms with Crippen molar-refractivity contribution >= 4 is 37.6 Å². The average Bonchev–Trinajstić information content (AvgIpc) is 2.91. The number of nitrogens with zero attached hydrogens (tertiary/aromatic N) is 5. The minimum atomic E-state index is 0.744. The van der Waals surface area contributed by atoms with Crippen molar-refractivity contribution in [3.63, 3.8) is 0 Å². The van der Waals surface area contributed by atoms with Crippen LogP contribution in [0.5, 0.6) is 0 Å². The molecule has 4 heterocycles. The second-order valence-corrected chi connectivity index (χ2v) is 6.17. The van der Waals surface area contributed by atoms with E-state index in [0.717, 1.165) is 63.8 Å². The number of aromatic nitrogens is 4. The van der Waals surface area contributed by atoms with Crippen molar-refractivity contribution in [1.82, 2.24) is 20.2 Å². The molecule has 0 bridgehead atoms. The van der Waals surface area contributed by atoms with E-state index < -0.39 is 0 Å². The van der Waals surface area contributed by atoms with E-state index in [4.69, 9.17) is 4.74 Å². The Hall–Kier alpha value is -1.86. The highest BCUT2D eigenvalue weighted by molar-refractivity contribution is 7.26. The largest absolute Gasteiger partial charge is 0.378 e. The average molecular weight is 301 g/mol. The van der Waals surface area contributed by atoms with Crippen LogP contribution in [0.2, 0.25) is 0 Å². The van der Waals surface area contributed by atoms with Crippen molar-refractivity contribution in [2.24, 2.45) is 0 Å². The molecule has 108 valence electrons. The number of hydrogen-bond donors (Lipinski definition) is 0. The van der Waals surface area contributed by atoms with Crippen LogP contribution in [0.4, 0.5) is 5.82 Å². The number of rotatable bonds is 1. The zero-order valence-corrected chi connectivity index (χ0v) is 12.8. The van der Waals surface area contributed by atoms with Crippen molar-refractivity contribution in [2.45, 2.75) is 13.8 Å². The fourth-order valence-electron chi connectivity index (χ4n) is 2.67. The molecule has 0 atom stereocenters. The van der Waals surface area contributed by atoms with Gasteiger partial charge in [-0.3, -0.25) is 0 Å². The summed E-state index contributed by atoms with van der Waals surface area (Å²) in [5, 5.41) is 9.66. The number of fused-ring (bicyclic) bond motifs is 3. The van der Waals surface area contributed by atoms with Crippen LogP contribution in [0.3, 0.4) is 0 Å². The Morgan fingerprint density at radius 2 is 1.95 bits per heavy atom. The molecule has 0 N–H and O–H groups in total. The SMILES string of the molecule is Cc1nnc2sc3c(N4CCOCC4)ncnc3c2c1C. The molecule has 3 aromatic heterocycles. The zero-order valence-electron chi connectivity index (χ0n) is 12.0. The van der Waals surface area contributed by atoms with Gasteiger partial charge in [-0.05, 0) is 19.4 Å². The minimum absolute atomic E-state index is 0.744. The van der Waals surface area contributed by atoms with Crippen LogP contribution in [-0.4, -0.2) is 46.5 Å². The summed E-state index contributed by atoms with van der Waals surface area (Å²) in [7, 11) is 0. The first-order chi connectivity index (χ1) is 10.3. The summed E-state index contributed by atoms with van der Waals surface area (Å²) >= 11 is 1.62. The van der Waals surface area contributed by atoms with Crippen LogP contribution < -0.4 is 4.90 Å². The van der Waals surface area contributed by atoms with Crippen molar-refractivity contribution in [1.29, 1.82) is 0 Å². The third kappa shape index (κ3) is 1.96. The van der Waals surface area contributed by atoms with Gasteiger partial charge in [0.25, 0.3) is 0 Å². The molecule has 0 aromatic carbocycles. The van der Waals surface area contributed by atoms with E-state index in [2.05, 4.69) is 32.0 Å². The second kappa shape index (κ2) is 4.85. The molecule has 1 aliphatic heterocycles. The van der Waals surface area contributed by atoms with Gasteiger partial charge in [0.1, 0.15) is 17.0 Å². The van der Waals surface area contributed by atoms with Crippen molar-refractivity contribution in [3.8, 4) is 0 Å². The fourth-order valence-corrected chi connectivity index (χ4v) is 3.82. The van der Waals surface area contributed by atoms with E-state index in [1.165, 1.54) is 0 Å². The zero-order chi connectivity index (χ0) is 14.4. The van der Waals surface area contributed by atoms with Gasteiger partial charge in [0.05, 0.1) is 29.1 Å². The first kappa shape index (κ1) is 12.8. The van der Waals surface area contributed by atoms with Crippen molar-refractivity contribution < 1.29 is 4.74 Å². The molecule has 1 saturated heterocycles. The molecule has 7 heteroatoms. The summed E-state index contributed by atoms with van der Waals surface area (Å²) in [6.45, 7) is 7.28. The molecule has 6 nitrogen and oxygen atoms in total. The first-order valence-electron chi connectivity index (χ1n) is 6.95. The van der Waals surface area contributed by atoms with Crippen LogP contribution in [0.1, 0.15) is 11.3 Å². The lowest BCUT2D eigenvalue weighted by atomic mass is 10.1. The number of morpholine rings is 1. The molecule has 1 fully saturated rings. The highest BCUT2D eigenvalue weighted by atomic mass is 32.1. The summed E-state index contributed by atoms with van der Waals surface area (Å²) in [4.78, 5) is 12.2. The normalized spacial score (nSPS) is 16.0. The van der Waals surface area contributed by atoms with Gasteiger partial charge >= 0.3 is 0 Å². The lowest BCUT2D eigenvalue weighted by molar-refractivity contribution is 0.122. The molecule has 0 unspecified atom stereocenters. The molecule has 4 rings (SSSR count). The summed E-state index contributed by atoms with van der Waals surface area (Å²) < 4.78 is 6.52. The molecule has 0 saturated carbocycles. The van der Waals surface area contributed by atoms with Crippen LogP contribution in [0.25, 0.3) is 20.4 Å². The molecular weight excluding hydrogens is 286 g/mol. The molecule has 3 aromatic rings. The van der Waals surface area contributed by atoms with Gasteiger partial charge in [-0.1, -0.05) is 0 Å². The van der Waals surface area contributed by atoms with Gasteiger partial charge in [0.2, 0.25) is 0 Å². The molecule has 1 aliphatic rings. The van der Waals surface area contributed by atoms with E-state index in [0.29, 0.717) is 0 Å². The first-order valence-corrected chi connectivity index (χ1v) is 7.77. The Bertz CT molecular complexity index is 825. The predicted octanol–water partition coefficient (Wildman–Crippen LogP) is 2.09. The summed E-state index contributed by atoms with van der Waals surface area (Å²) in [6.07, 6.45) is 1.65. The molecule has 0 spiro atoms. The van der Waals surface area contributed by atoms with Gasteiger partial charge < -0.3 is 9.64 Å². The van der Waals surface area contributed by atoms with E-state index in [1.807, 2.05) is 6.92 Å². The standard InChI is InChI=1S/C14H15N5OS/c1-8-9(2)17-18-14-10(8)11-12(21-14)13(16-7-15-11)19-3-5-20-6-4-19/h7H,3-6H2,1-2H3. The Kier molecular flexibility index (Phi) is 2.97. The van der Waals surface area contributed by atoms with Gasteiger partial charge in [0.15, 0.2) is 0 Å². The van der Waals surface area contributed by atoms with Crippen molar-refractivity contribution in [3.05, 3.63) is 17.6 Å². The third-order valence-corrected chi connectivity index (χ3v) is 5.01. The quantitative estimate of drug-likeness (QED) is 0.686. The number of anilines is 1. The second-order valence-electron chi connectivity index (χ2n) is 5.17. The van der Waals surface area contributed by atoms with Gasteiger partial charge in [-0.2, -0.15) is 5.10 Å². The van der Waals surface area contributed by atoms with Crippen molar-refractivity contribution in [2.75, 3.05) is 31.2 Å². The summed E-state index contributed by atoms with van der Waals surface area (Å²) in [6, 6.07) is 0. The van der Waals surface area contributed by atoms with Crippen LogP contribution in [0, 0.1) is 13.8 Å². The van der Waals surface area contributed by atoms with Gasteiger partial charge in [-0.15, -0.1) is 16.4 Å². The maximum Gasteiger partial charge on any atom is 0.150 e. The highest BCUT2D eigenvalue weighted by Gasteiger charge is 2.20. The van der Waals surface area contributed by atoms with E-state index in [1.54, 1.807) is 17.7 Å². The van der Waals surface area contributed by atoms with E-state index >= 15 is 0 Å². The van der Waals surface area contributed by atoms with E-state index in [-0.39, 0.29) is 0 Å². The summed E-state index contributed by atoms with van der Waals surface area (Å²) in [5.74, 6) is 0.989. The monoisotopic (exact) mass is 301 g/mol. The Morgan fingerprint density at radius 1 is 1.14 bits per heavy atom. The smallest absolute Gasteiger partial charge is 0.150 e. The van der Waals surface area contributed by atoms with Crippen LogP contribution in [0.15, 0.2) is 6.33 Å². The molecule has 0 amide bonds. The van der Waals surface area contributed by atoms with Crippen LogP contribution >= 0.6 is 11.3 Å². The molecule has 0 radical (unpaired) electrons. The number of thiophene rings is 1. The van der Waals surface area contributed by atoms with Gasteiger partial charge in [-0.25, -0.2) is 9.97 Å². The lowest BCUT2D eigenvalue weighted by Gasteiger charge is -2.27. The third-order valence-electron chi connectivity index (χ3n) is 3.95. The van der Waals surface area contributed by atoms with Gasteiger partial charge in [0, 0.05) is 18.5 Å². The number of hydrogen-bond acceptors (Lipinski definition) is 7. The predicted molar refractivity (Wildman–Crippen MR) is 83.0 cm³/mol. The Labute approximate surface area is 125 Å². The maximum atomic E-state index is 5.42. The van der Waals surface area contributed by atoms with E-state index in [9.17, 15) is 0 Å². The Morgan fingerprint density at radius 3 is 2.76 bits per heavy atom. The van der Waals surface area contributed by atoms with Crippen LogP contribution in [-0.2, 0) is 4.74 Å². The topological polar surface area (TPSA) is 64.0 Å². The summed E-state index contributed by atoms with van der Waals surface area (Å²) in [5.41, 5.74) is 3.09. The lowest BCUT2D eigenvalue weighted by Crippen LogP contribution is -2.36. The maximum absolute atomic E-state index is 5.42. The Balaban J connectivity index is 1.99. The number of ether oxygens (including phenoxy) is 1.